The number of hydrogen-bond acceptors (Lipinski definition) is 3. The lowest BCUT2D eigenvalue weighted by atomic mass is 10.1. The fourth-order valence-corrected chi connectivity index (χ4v) is 1.73. The van der Waals surface area contributed by atoms with E-state index in [1.54, 1.807) is 0 Å². The molecule has 0 unspecified atom stereocenters. The molecule has 1 aromatic heterocycles. The molecule has 0 spiro atoms. The molecule has 3 nitrogen and oxygen atoms in total. The van der Waals surface area contributed by atoms with Crippen LogP contribution in [-0.4, -0.2) is 24.7 Å². The molecule has 0 saturated carbocycles. The molecule has 0 saturated heterocycles. The molecule has 2 N–H and O–H groups in total. The second-order valence-electron chi connectivity index (χ2n) is 4.27. The van der Waals surface area contributed by atoms with E-state index in [-0.39, 0.29) is 0 Å². The van der Waals surface area contributed by atoms with Crippen LogP contribution in [0.2, 0.25) is 0 Å². The molecule has 0 fully saturated rings. The van der Waals surface area contributed by atoms with Gasteiger partial charge in [0, 0.05) is 25.6 Å². The molecule has 17 heavy (non-hydrogen) atoms. The third-order valence-electron chi connectivity index (χ3n) is 2.75. The average Bonchev–Trinajstić information content (AvgIpc) is 2.38. The monoisotopic (exact) mass is 236 g/mol. The molecule has 0 aliphatic heterocycles. The van der Waals surface area contributed by atoms with Crippen LogP contribution in [0.1, 0.15) is 37.7 Å². The number of aromatic nitrogens is 1. The van der Waals surface area contributed by atoms with E-state index in [2.05, 4.69) is 17.1 Å². The number of hydrogen-bond donors (Lipinski definition) is 1. The second-order valence-corrected chi connectivity index (χ2v) is 4.27. The van der Waals surface area contributed by atoms with Crippen molar-refractivity contribution in [3.63, 3.8) is 0 Å². The maximum Gasteiger partial charge on any atom is 0.0469 e. The Balaban J connectivity index is 1.85. The van der Waals surface area contributed by atoms with Gasteiger partial charge in [-0.3, -0.25) is 4.98 Å². The summed E-state index contributed by atoms with van der Waals surface area (Å²) in [6.45, 7) is 2.56. The highest BCUT2D eigenvalue weighted by Crippen LogP contribution is 2.02. The van der Waals surface area contributed by atoms with Crippen molar-refractivity contribution in [2.45, 2.75) is 38.5 Å². The summed E-state index contributed by atoms with van der Waals surface area (Å²) in [5.74, 6) is 0. The molecule has 0 aromatic carbocycles. The molecule has 0 amide bonds. The van der Waals surface area contributed by atoms with Crippen LogP contribution in [0.25, 0.3) is 0 Å². The molecule has 1 rings (SSSR count). The van der Waals surface area contributed by atoms with Crippen molar-refractivity contribution in [1.82, 2.24) is 4.98 Å². The van der Waals surface area contributed by atoms with E-state index in [0.29, 0.717) is 0 Å². The number of unbranched alkanes of at least 4 members (excludes halogenated alkanes) is 3. The Labute approximate surface area is 104 Å². The summed E-state index contributed by atoms with van der Waals surface area (Å²) >= 11 is 0. The van der Waals surface area contributed by atoms with Gasteiger partial charge >= 0.3 is 0 Å². The minimum Gasteiger partial charge on any atom is -0.381 e. The first kappa shape index (κ1) is 14.1. The van der Waals surface area contributed by atoms with Gasteiger partial charge in [-0.15, -0.1) is 0 Å². The lowest BCUT2D eigenvalue weighted by Gasteiger charge is -2.04. The van der Waals surface area contributed by atoms with Crippen molar-refractivity contribution in [2.75, 3.05) is 19.8 Å². The van der Waals surface area contributed by atoms with Gasteiger partial charge in [-0.1, -0.05) is 12.8 Å². The van der Waals surface area contributed by atoms with Crippen LogP contribution in [0.15, 0.2) is 24.5 Å². The quantitative estimate of drug-likeness (QED) is 0.635. The summed E-state index contributed by atoms with van der Waals surface area (Å²) in [7, 11) is 0. The second kappa shape index (κ2) is 10.2. The lowest BCUT2D eigenvalue weighted by molar-refractivity contribution is 0.128. The zero-order valence-corrected chi connectivity index (χ0v) is 10.6. The average molecular weight is 236 g/mol. The first-order chi connectivity index (χ1) is 8.43. The highest BCUT2D eigenvalue weighted by atomic mass is 16.5. The predicted octanol–water partition coefficient (Wildman–Crippen LogP) is 2.55. The van der Waals surface area contributed by atoms with Crippen molar-refractivity contribution in [2.24, 2.45) is 5.73 Å². The highest BCUT2D eigenvalue weighted by molar-refractivity contribution is 5.09. The summed E-state index contributed by atoms with van der Waals surface area (Å²) in [6, 6.07) is 4.12. The molecule has 0 bridgehead atoms. The molecule has 1 heterocycles. The molecule has 0 atom stereocenters. The lowest BCUT2D eigenvalue weighted by Crippen LogP contribution is -2.00. The van der Waals surface area contributed by atoms with E-state index < -0.39 is 0 Å². The van der Waals surface area contributed by atoms with Gasteiger partial charge in [0.2, 0.25) is 0 Å². The van der Waals surface area contributed by atoms with Crippen LogP contribution in [0, 0.1) is 0 Å². The number of aryl methyl sites for hydroxylation is 1. The molecule has 0 aliphatic rings. The Kier molecular flexibility index (Phi) is 8.51. The third kappa shape index (κ3) is 7.88. The number of nitrogens with two attached hydrogens (primary N) is 1. The highest BCUT2D eigenvalue weighted by Gasteiger charge is 1.93. The molecule has 96 valence electrons. The summed E-state index contributed by atoms with van der Waals surface area (Å²) in [5, 5.41) is 0. The molecule has 3 heteroatoms. The fourth-order valence-electron chi connectivity index (χ4n) is 1.73. The van der Waals surface area contributed by atoms with Gasteiger partial charge in [0.15, 0.2) is 0 Å². The zero-order chi connectivity index (χ0) is 12.2. The van der Waals surface area contributed by atoms with E-state index >= 15 is 0 Å². The van der Waals surface area contributed by atoms with Gasteiger partial charge in [0.1, 0.15) is 0 Å². The van der Waals surface area contributed by atoms with Crippen molar-refractivity contribution in [3.05, 3.63) is 30.1 Å². The summed E-state index contributed by atoms with van der Waals surface area (Å²) < 4.78 is 5.59. The van der Waals surface area contributed by atoms with E-state index in [1.807, 2.05) is 12.4 Å². The zero-order valence-electron chi connectivity index (χ0n) is 10.6. The smallest absolute Gasteiger partial charge is 0.0469 e. The standard InChI is InChI=1S/C14H24N2O/c15-9-3-1-2-4-12-17-13-5-6-14-7-10-16-11-8-14/h7-8,10-11H,1-6,9,12-13,15H2. The Bertz CT molecular complexity index is 264. The van der Waals surface area contributed by atoms with Crippen molar-refractivity contribution in [3.8, 4) is 0 Å². The van der Waals surface area contributed by atoms with Crippen molar-refractivity contribution >= 4 is 0 Å². The van der Waals surface area contributed by atoms with Crippen LogP contribution in [-0.2, 0) is 11.2 Å². The topological polar surface area (TPSA) is 48.1 Å². The van der Waals surface area contributed by atoms with Crippen LogP contribution in [0.5, 0.6) is 0 Å². The summed E-state index contributed by atoms with van der Waals surface area (Å²) in [4.78, 5) is 4.00. The van der Waals surface area contributed by atoms with E-state index in [4.69, 9.17) is 10.5 Å². The van der Waals surface area contributed by atoms with Crippen LogP contribution < -0.4 is 5.73 Å². The molecule has 1 aromatic rings. The SMILES string of the molecule is NCCCCCCOCCCc1ccncc1. The first-order valence-electron chi connectivity index (χ1n) is 6.60. The fraction of sp³-hybridized carbons (Fsp3) is 0.643. The minimum atomic E-state index is 0.812. The van der Waals surface area contributed by atoms with Gasteiger partial charge in [-0.2, -0.15) is 0 Å². The number of rotatable bonds is 10. The van der Waals surface area contributed by atoms with Gasteiger partial charge in [0.05, 0.1) is 0 Å². The van der Waals surface area contributed by atoms with Gasteiger partial charge in [-0.05, 0) is 49.9 Å². The first-order valence-corrected chi connectivity index (χ1v) is 6.60. The number of pyridine rings is 1. The molecule has 0 radical (unpaired) electrons. The number of ether oxygens (including phenoxy) is 1. The Hall–Kier alpha value is -0.930. The largest absolute Gasteiger partial charge is 0.381 e. The van der Waals surface area contributed by atoms with E-state index in [9.17, 15) is 0 Å². The Morgan fingerprint density at radius 2 is 1.65 bits per heavy atom. The van der Waals surface area contributed by atoms with E-state index in [0.717, 1.165) is 45.4 Å². The third-order valence-corrected chi connectivity index (χ3v) is 2.75. The minimum absolute atomic E-state index is 0.812. The Morgan fingerprint density at radius 1 is 0.941 bits per heavy atom. The Morgan fingerprint density at radius 3 is 2.41 bits per heavy atom. The maximum absolute atomic E-state index is 5.59. The van der Waals surface area contributed by atoms with Crippen molar-refractivity contribution in [1.29, 1.82) is 0 Å². The van der Waals surface area contributed by atoms with Gasteiger partial charge < -0.3 is 10.5 Å². The van der Waals surface area contributed by atoms with Crippen LogP contribution >= 0.6 is 0 Å². The molecule has 0 aliphatic carbocycles. The van der Waals surface area contributed by atoms with Crippen molar-refractivity contribution < 1.29 is 4.74 Å². The molecular formula is C14H24N2O. The normalized spacial score (nSPS) is 10.6. The molecular weight excluding hydrogens is 212 g/mol. The summed E-state index contributed by atoms with van der Waals surface area (Å²) in [5.41, 5.74) is 6.77. The number of nitrogens with zero attached hydrogens (tertiary/aromatic N) is 1. The predicted molar refractivity (Wildman–Crippen MR) is 70.9 cm³/mol. The maximum atomic E-state index is 5.59. The van der Waals surface area contributed by atoms with Gasteiger partial charge in [0.25, 0.3) is 0 Å². The van der Waals surface area contributed by atoms with E-state index in [1.165, 1.54) is 18.4 Å². The van der Waals surface area contributed by atoms with Gasteiger partial charge in [-0.25, -0.2) is 0 Å². The summed E-state index contributed by atoms with van der Waals surface area (Å²) in [6.07, 6.45) is 10.6. The van der Waals surface area contributed by atoms with Crippen LogP contribution in [0.3, 0.4) is 0 Å². The van der Waals surface area contributed by atoms with Crippen LogP contribution in [0.4, 0.5) is 0 Å².